The second-order valence-electron chi connectivity index (χ2n) is 4.59. The molecule has 0 aliphatic rings. The Morgan fingerprint density at radius 1 is 1.06 bits per heavy atom. The van der Waals surface area contributed by atoms with Crippen LogP contribution in [-0.2, 0) is 0 Å². The lowest BCUT2D eigenvalue weighted by atomic mass is 9.88. The number of aromatic nitrogens is 1. The average molecular weight is 241 g/mol. The van der Waals surface area contributed by atoms with E-state index in [4.69, 9.17) is 0 Å². The highest BCUT2D eigenvalue weighted by molar-refractivity contribution is 5.30. The number of pyridine rings is 1. The van der Waals surface area contributed by atoms with Gasteiger partial charge in [0, 0.05) is 18.2 Å². The Balaban J connectivity index is 2.30. The van der Waals surface area contributed by atoms with Crippen LogP contribution in [0.25, 0.3) is 0 Å². The molecule has 1 N–H and O–H groups in total. The van der Waals surface area contributed by atoms with Crippen LogP contribution in [0.3, 0.4) is 0 Å². The van der Waals surface area contributed by atoms with Crippen molar-refractivity contribution < 1.29 is 0 Å². The summed E-state index contributed by atoms with van der Waals surface area (Å²) in [6.45, 7) is 2.20. The Labute approximate surface area is 108 Å². The highest BCUT2D eigenvalue weighted by Crippen LogP contribution is 2.28. The highest BCUT2D eigenvalue weighted by atomic mass is 16.1. The molecule has 2 heteroatoms. The van der Waals surface area contributed by atoms with E-state index in [0.717, 1.165) is 6.42 Å². The number of H-pyrrole nitrogens is 1. The predicted molar refractivity (Wildman–Crippen MR) is 74.9 cm³/mol. The second-order valence-corrected chi connectivity index (χ2v) is 4.59. The molecular weight excluding hydrogens is 222 g/mol. The van der Waals surface area contributed by atoms with E-state index < -0.39 is 0 Å². The molecule has 0 aliphatic heterocycles. The smallest absolute Gasteiger partial charge is 0.247 e. The lowest BCUT2D eigenvalue weighted by Gasteiger charge is -2.17. The van der Waals surface area contributed by atoms with E-state index in [-0.39, 0.29) is 5.56 Å². The minimum Gasteiger partial charge on any atom is -0.329 e. The fraction of sp³-hybridized carbons (Fsp3) is 0.312. The molecule has 0 bridgehead atoms. The summed E-state index contributed by atoms with van der Waals surface area (Å²) in [4.78, 5) is 13.9. The fourth-order valence-electron chi connectivity index (χ4n) is 2.26. The first-order valence-corrected chi connectivity index (χ1v) is 6.55. The number of nitrogens with one attached hydrogen (secondary N) is 1. The van der Waals surface area contributed by atoms with Gasteiger partial charge in [0.15, 0.2) is 0 Å². The highest BCUT2D eigenvalue weighted by Gasteiger charge is 2.13. The molecule has 1 aromatic carbocycles. The molecule has 0 aliphatic carbocycles. The number of benzene rings is 1. The molecule has 1 unspecified atom stereocenters. The summed E-state index contributed by atoms with van der Waals surface area (Å²) in [5.74, 6) is 0.378. The molecule has 94 valence electrons. The van der Waals surface area contributed by atoms with Gasteiger partial charge in [-0.05, 0) is 17.5 Å². The van der Waals surface area contributed by atoms with Crippen LogP contribution in [0.15, 0.2) is 53.5 Å². The zero-order valence-corrected chi connectivity index (χ0v) is 10.7. The van der Waals surface area contributed by atoms with E-state index in [1.54, 1.807) is 6.07 Å². The zero-order chi connectivity index (χ0) is 12.8. The number of rotatable bonds is 5. The van der Waals surface area contributed by atoms with Gasteiger partial charge in [-0.25, -0.2) is 0 Å². The van der Waals surface area contributed by atoms with E-state index in [1.807, 2.05) is 18.3 Å². The summed E-state index contributed by atoms with van der Waals surface area (Å²) >= 11 is 0. The normalized spacial score (nSPS) is 12.3. The summed E-state index contributed by atoms with van der Waals surface area (Å²) in [6.07, 6.45) is 5.34. The van der Waals surface area contributed by atoms with Gasteiger partial charge in [-0.2, -0.15) is 0 Å². The number of hydrogen-bond donors (Lipinski definition) is 1. The molecule has 18 heavy (non-hydrogen) atoms. The maximum absolute atomic E-state index is 11.1. The van der Waals surface area contributed by atoms with Gasteiger partial charge in [-0.3, -0.25) is 4.79 Å². The first-order chi connectivity index (χ1) is 8.81. The molecule has 0 saturated carbocycles. The summed E-state index contributed by atoms with van der Waals surface area (Å²) in [5, 5.41) is 0. The molecule has 2 aromatic rings. The van der Waals surface area contributed by atoms with E-state index in [1.165, 1.54) is 24.0 Å². The van der Waals surface area contributed by atoms with Gasteiger partial charge >= 0.3 is 0 Å². The van der Waals surface area contributed by atoms with E-state index >= 15 is 0 Å². The van der Waals surface area contributed by atoms with Gasteiger partial charge in [0.1, 0.15) is 0 Å². The standard InChI is InChI=1S/C16H19NO/c1-2-3-9-15(13-7-5-4-6-8-13)14-10-11-16(18)17-12-14/h4-8,10-12,15H,2-3,9H2,1H3,(H,17,18). The van der Waals surface area contributed by atoms with Crippen LogP contribution in [0.1, 0.15) is 43.2 Å². The van der Waals surface area contributed by atoms with Gasteiger partial charge in [-0.15, -0.1) is 0 Å². The third-order valence-corrected chi connectivity index (χ3v) is 3.26. The van der Waals surface area contributed by atoms with Gasteiger partial charge in [0.25, 0.3) is 0 Å². The SMILES string of the molecule is CCCCC(c1ccccc1)c1ccc(=O)[nH]c1. The largest absolute Gasteiger partial charge is 0.329 e. The summed E-state index contributed by atoms with van der Waals surface area (Å²) < 4.78 is 0. The van der Waals surface area contributed by atoms with E-state index in [9.17, 15) is 4.79 Å². The lowest BCUT2D eigenvalue weighted by Crippen LogP contribution is -2.07. The van der Waals surface area contributed by atoms with Crippen LogP contribution >= 0.6 is 0 Å². The van der Waals surface area contributed by atoms with Crippen LogP contribution in [-0.4, -0.2) is 4.98 Å². The minimum atomic E-state index is -0.0407. The molecule has 2 nitrogen and oxygen atoms in total. The number of unbranched alkanes of at least 4 members (excludes halogenated alkanes) is 1. The van der Waals surface area contributed by atoms with Crippen molar-refractivity contribution in [3.63, 3.8) is 0 Å². The van der Waals surface area contributed by atoms with Gasteiger partial charge in [0.2, 0.25) is 5.56 Å². The Morgan fingerprint density at radius 2 is 1.83 bits per heavy atom. The van der Waals surface area contributed by atoms with Gasteiger partial charge in [-0.1, -0.05) is 56.2 Å². The molecule has 2 rings (SSSR count). The van der Waals surface area contributed by atoms with Crippen molar-refractivity contribution in [1.82, 2.24) is 4.98 Å². The van der Waals surface area contributed by atoms with Crippen molar-refractivity contribution in [1.29, 1.82) is 0 Å². The molecule has 0 fully saturated rings. The Morgan fingerprint density at radius 3 is 2.44 bits per heavy atom. The molecular formula is C16H19NO. The molecule has 0 amide bonds. The molecule has 1 atom stereocenters. The summed E-state index contributed by atoms with van der Waals surface area (Å²) in [7, 11) is 0. The molecule has 1 heterocycles. The summed E-state index contributed by atoms with van der Waals surface area (Å²) in [6, 6.07) is 14.0. The van der Waals surface area contributed by atoms with Crippen LogP contribution in [0, 0.1) is 0 Å². The third kappa shape index (κ3) is 3.10. The number of hydrogen-bond acceptors (Lipinski definition) is 1. The predicted octanol–water partition coefficient (Wildman–Crippen LogP) is 3.70. The van der Waals surface area contributed by atoms with Crippen molar-refractivity contribution in [2.75, 3.05) is 0 Å². The Hall–Kier alpha value is -1.83. The first kappa shape index (κ1) is 12.6. The minimum absolute atomic E-state index is 0.0407. The topological polar surface area (TPSA) is 32.9 Å². The van der Waals surface area contributed by atoms with Crippen molar-refractivity contribution in [3.8, 4) is 0 Å². The average Bonchev–Trinajstić information content (AvgIpc) is 2.42. The van der Waals surface area contributed by atoms with Crippen molar-refractivity contribution in [2.45, 2.75) is 32.1 Å². The molecule has 1 aromatic heterocycles. The van der Waals surface area contributed by atoms with E-state index in [0.29, 0.717) is 5.92 Å². The monoisotopic (exact) mass is 241 g/mol. The van der Waals surface area contributed by atoms with Gasteiger partial charge < -0.3 is 4.98 Å². The van der Waals surface area contributed by atoms with Crippen LogP contribution < -0.4 is 5.56 Å². The third-order valence-electron chi connectivity index (χ3n) is 3.26. The zero-order valence-electron chi connectivity index (χ0n) is 10.7. The first-order valence-electron chi connectivity index (χ1n) is 6.55. The molecule has 0 spiro atoms. The van der Waals surface area contributed by atoms with Crippen molar-refractivity contribution in [2.24, 2.45) is 0 Å². The summed E-state index contributed by atoms with van der Waals surface area (Å²) in [5.41, 5.74) is 2.47. The van der Waals surface area contributed by atoms with Crippen LogP contribution in [0.5, 0.6) is 0 Å². The fourth-order valence-corrected chi connectivity index (χ4v) is 2.26. The maximum Gasteiger partial charge on any atom is 0.247 e. The van der Waals surface area contributed by atoms with Crippen molar-refractivity contribution >= 4 is 0 Å². The number of aromatic amines is 1. The van der Waals surface area contributed by atoms with Crippen LogP contribution in [0.4, 0.5) is 0 Å². The van der Waals surface area contributed by atoms with Gasteiger partial charge in [0.05, 0.1) is 0 Å². The molecule has 0 saturated heterocycles. The quantitative estimate of drug-likeness (QED) is 0.850. The van der Waals surface area contributed by atoms with Crippen LogP contribution in [0.2, 0.25) is 0 Å². The second kappa shape index (κ2) is 6.20. The molecule has 0 radical (unpaired) electrons. The lowest BCUT2D eigenvalue weighted by molar-refractivity contribution is 0.648. The van der Waals surface area contributed by atoms with E-state index in [2.05, 4.69) is 36.2 Å². The maximum atomic E-state index is 11.1. The van der Waals surface area contributed by atoms with Crippen molar-refractivity contribution in [3.05, 3.63) is 70.1 Å². The Bertz CT molecular complexity index is 510. The Kier molecular flexibility index (Phi) is 4.35.